The van der Waals surface area contributed by atoms with Crippen LogP contribution >= 0.6 is 0 Å². The fourth-order valence-corrected chi connectivity index (χ4v) is 1.76. The molecule has 2 rings (SSSR count). The van der Waals surface area contributed by atoms with Crippen molar-refractivity contribution >= 4 is 12.6 Å². The number of benzene rings is 2. The second-order valence-corrected chi connectivity index (χ2v) is 4.55. The summed E-state index contributed by atoms with van der Waals surface area (Å²) in [4.78, 5) is 0. The molecule has 21 heavy (non-hydrogen) atoms. The fourth-order valence-electron chi connectivity index (χ4n) is 1.76. The third kappa shape index (κ3) is 4.48. The summed E-state index contributed by atoms with van der Waals surface area (Å²) in [6, 6.07) is 11.0. The highest BCUT2D eigenvalue weighted by molar-refractivity contribution is 6.58. The Hall–Kier alpha value is -2.05. The lowest BCUT2D eigenvalue weighted by Gasteiger charge is -2.09. The Bertz CT molecular complexity index is 587. The third-order valence-corrected chi connectivity index (χ3v) is 2.93. The molecule has 0 saturated heterocycles. The van der Waals surface area contributed by atoms with Gasteiger partial charge in [0.25, 0.3) is 0 Å². The molecule has 0 atom stereocenters. The Labute approximate surface area is 122 Å². The van der Waals surface area contributed by atoms with Gasteiger partial charge in [-0.1, -0.05) is 12.1 Å². The van der Waals surface area contributed by atoms with Crippen molar-refractivity contribution in [1.29, 1.82) is 0 Å². The summed E-state index contributed by atoms with van der Waals surface area (Å²) in [5, 5.41) is 17.9. The molecule has 0 unspecified atom stereocenters. The molecule has 2 N–H and O–H groups in total. The van der Waals surface area contributed by atoms with E-state index in [0.717, 1.165) is 0 Å². The van der Waals surface area contributed by atoms with E-state index >= 15 is 0 Å². The van der Waals surface area contributed by atoms with Gasteiger partial charge in [-0.05, 0) is 48.3 Å². The van der Waals surface area contributed by atoms with Gasteiger partial charge in [-0.2, -0.15) is 0 Å². The summed E-state index contributed by atoms with van der Waals surface area (Å²) in [5.74, 6) is 0.944. The number of aryl methyl sites for hydroxylation is 1. The number of rotatable bonds is 6. The lowest BCUT2D eigenvalue weighted by Crippen LogP contribution is -2.29. The Balaban J connectivity index is 1.77. The Morgan fingerprint density at radius 2 is 1.52 bits per heavy atom. The molecule has 0 aliphatic carbocycles. The van der Waals surface area contributed by atoms with Gasteiger partial charge in [0.1, 0.15) is 30.5 Å². The Morgan fingerprint density at radius 3 is 2.10 bits per heavy atom. The van der Waals surface area contributed by atoms with E-state index in [0.29, 0.717) is 35.7 Å². The normalized spacial score (nSPS) is 10.3. The van der Waals surface area contributed by atoms with Crippen LogP contribution in [0.4, 0.5) is 4.39 Å². The van der Waals surface area contributed by atoms with Crippen LogP contribution in [0, 0.1) is 12.7 Å². The van der Waals surface area contributed by atoms with Crippen LogP contribution in [0.1, 0.15) is 5.56 Å². The van der Waals surface area contributed by atoms with Crippen molar-refractivity contribution in [2.45, 2.75) is 6.92 Å². The maximum absolute atomic E-state index is 13.1. The van der Waals surface area contributed by atoms with E-state index < -0.39 is 7.12 Å². The lowest BCUT2D eigenvalue weighted by atomic mass is 9.80. The maximum atomic E-state index is 13.1. The topological polar surface area (TPSA) is 58.9 Å². The van der Waals surface area contributed by atoms with Crippen molar-refractivity contribution < 1.29 is 23.9 Å². The van der Waals surface area contributed by atoms with E-state index in [1.165, 1.54) is 6.07 Å². The quantitative estimate of drug-likeness (QED) is 0.621. The predicted octanol–water partition coefficient (Wildman–Crippen LogP) is 1.27. The SMILES string of the molecule is Cc1cc(OCCOc2ccc(B(O)O)cc2)ccc1F. The molecule has 0 heterocycles. The van der Waals surface area contributed by atoms with E-state index in [1.807, 2.05) is 0 Å². The summed E-state index contributed by atoms with van der Waals surface area (Å²) < 4.78 is 24.0. The van der Waals surface area contributed by atoms with E-state index in [4.69, 9.17) is 19.5 Å². The lowest BCUT2D eigenvalue weighted by molar-refractivity contribution is 0.217. The number of halogens is 1. The maximum Gasteiger partial charge on any atom is 0.488 e. The molecule has 110 valence electrons. The molecule has 0 radical (unpaired) electrons. The Morgan fingerprint density at radius 1 is 0.952 bits per heavy atom. The molecule has 0 aliphatic heterocycles. The van der Waals surface area contributed by atoms with E-state index in [9.17, 15) is 4.39 Å². The van der Waals surface area contributed by atoms with Crippen LogP contribution in [0.15, 0.2) is 42.5 Å². The van der Waals surface area contributed by atoms with Crippen molar-refractivity contribution in [3.05, 3.63) is 53.8 Å². The van der Waals surface area contributed by atoms with Crippen LogP contribution in [0.3, 0.4) is 0 Å². The monoisotopic (exact) mass is 290 g/mol. The first-order valence-electron chi connectivity index (χ1n) is 6.54. The van der Waals surface area contributed by atoms with E-state index in [2.05, 4.69) is 0 Å². The van der Waals surface area contributed by atoms with Crippen molar-refractivity contribution in [2.24, 2.45) is 0 Å². The molecule has 0 spiro atoms. The second-order valence-electron chi connectivity index (χ2n) is 4.55. The van der Waals surface area contributed by atoms with Crippen molar-refractivity contribution in [2.75, 3.05) is 13.2 Å². The molecule has 6 heteroatoms. The van der Waals surface area contributed by atoms with E-state index in [-0.39, 0.29) is 5.82 Å². The molecule has 0 fully saturated rings. The second kappa shape index (κ2) is 7.10. The molecule has 0 bridgehead atoms. The third-order valence-electron chi connectivity index (χ3n) is 2.93. The van der Waals surface area contributed by atoms with Gasteiger partial charge in [-0.3, -0.25) is 0 Å². The first-order valence-corrected chi connectivity index (χ1v) is 6.54. The van der Waals surface area contributed by atoms with Gasteiger partial charge in [0, 0.05) is 0 Å². The standard InChI is InChI=1S/C15H16BFO4/c1-11-10-14(6-7-15(11)17)21-9-8-20-13-4-2-12(3-5-13)16(18)19/h2-7,10,18-19H,8-9H2,1H3. The van der Waals surface area contributed by atoms with Gasteiger partial charge >= 0.3 is 7.12 Å². The zero-order valence-electron chi connectivity index (χ0n) is 11.6. The van der Waals surface area contributed by atoms with Crippen LogP contribution in [0.25, 0.3) is 0 Å². The van der Waals surface area contributed by atoms with Crippen LogP contribution in [-0.2, 0) is 0 Å². The Kier molecular flexibility index (Phi) is 5.19. The van der Waals surface area contributed by atoms with Crippen LogP contribution in [0.2, 0.25) is 0 Å². The zero-order valence-corrected chi connectivity index (χ0v) is 11.6. The van der Waals surface area contributed by atoms with Crippen molar-refractivity contribution in [3.8, 4) is 11.5 Å². The van der Waals surface area contributed by atoms with Gasteiger partial charge in [0.2, 0.25) is 0 Å². The largest absolute Gasteiger partial charge is 0.490 e. The minimum atomic E-state index is -1.48. The summed E-state index contributed by atoms with van der Waals surface area (Å²) >= 11 is 0. The highest BCUT2D eigenvalue weighted by atomic mass is 19.1. The van der Waals surface area contributed by atoms with Crippen LogP contribution < -0.4 is 14.9 Å². The molecule has 2 aromatic carbocycles. The first kappa shape index (κ1) is 15.3. The molecular formula is C15H16BFO4. The fraction of sp³-hybridized carbons (Fsp3) is 0.200. The predicted molar refractivity (Wildman–Crippen MR) is 78.4 cm³/mol. The number of hydrogen-bond acceptors (Lipinski definition) is 4. The summed E-state index contributed by atoms with van der Waals surface area (Å²) in [6.45, 7) is 2.34. The smallest absolute Gasteiger partial charge is 0.488 e. The minimum Gasteiger partial charge on any atom is -0.490 e. The average Bonchev–Trinajstić information content (AvgIpc) is 2.47. The molecule has 4 nitrogen and oxygen atoms in total. The summed E-state index contributed by atoms with van der Waals surface area (Å²) in [7, 11) is -1.48. The highest BCUT2D eigenvalue weighted by Gasteiger charge is 2.09. The number of ether oxygens (including phenoxy) is 2. The van der Waals surface area contributed by atoms with Crippen LogP contribution in [-0.4, -0.2) is 30.4 Å². The molecule has 0 saturated carbocycles. The highest BCUT2D eigenvalue weighted by Crippen LogP contribution is 2.16. The summed E-state index contributed by atoms with van der Waals surface area (Å²) in [6.07, 6.45) is 0. The molecule has 0 amide bonds. The zero-order chi connectivity index (χ0) is 15.2. The molecule has 0 aliphatic rings. The molecule has 0 aromatic heterocycles. The first-order chi connectivity index (χ1) is 10.1. The van der Waals surface area contributed by atoms with Gasteiger partial charge in [0.05, 0.1) is 0 Å². The molecule has 2 aromatic rings. The van der Waals surface area contributed by atoms with Gasteiger partial charge in [-0.15, -0.1) is 0 Å². The average molecular weight is 290 g/mol. The minimum absolute atomic E-state index is 0.259. The van der Waals surface area contributed by atoms with Crippen LogP contribution in [0.5, 0.6) is 11.5 Å². The van der Waals surface area contributed by atoms with Crippen molar-refractivity contribution in [1.82, 2.24) is 0 Å². The number of hydrogen-bond donors (Lipinski definition) is 2. The van der Waals surface area contributed by atoms with Gasteiger partial charge < -0.3 is 19.5 Å². The van der Waals surface area contributed by atoms with Crippen molar-refractivity contribution in [3.63, 3.8) is 0 Å². The van der Waals surface area contributed by atoms with Gasteiger partial charge in [0.15, 0.2) is 0 Å². The van der Waals surface area contributed by atoms with E-state index in [1.54, 1.807) is 43.3 Å². The molecular weight excluding hydrogens is 274 g/mol. The van der Waals surface area contributed by atoms with Gasteiger partial charge in [-0.25, -0.2) is 4.39 Å². The summed E-state index contributed by atoms with van der Waals surface area (Å²) in [5.41, 5.74) is 0.937.